The molecule has 3 rings (SSSR count). The molecule has 11 heteroatoms. The number of pyridine rings is 1. The molecule has 0 spiro atoms. The SMILES string of the molecule is Cc1cc(Nc2nc(=O)c(F)cn2Cc2cc(F)c(C)c(F)c2)c(C)nc1OC(F)F. The summed E-state index contributed by atoms with van der Waals surface area (Å²) in [5.74, 6) is -3.12. The number of benzene rings is 1. The van der Waals surface area contributed by atoms with Crippen LogP contribution in [0.2, 0.25) is 0 Å². The van der Waals surface area contributed by atoms with Gasteiger partial charge in [-0.2, -0.15) is 18.2 Å². The highest BCUT2D eigenvalue weighted by Crippen LogP contribution is 2.26. The molecule has 0 aliphatic heterocycles. The third-order valence-electron chi connectivity index (χ3n) is 4.45. The molecule has 0 aliphatic rings. The van der Waals surface area contributed by atoms with E-state index in [9.17, 15) is 26.7 Å². The molecule has 0 unspecified atom stereocenters. The fraction of sp³-hybridized carbons (Fsp3) is 0.250. The Hall–Kier alpha value is -3.50. The lowest BCUT2D eigenvalue weighted by atomic mass is 10.1. The maximum Gasteiger partial charge on any atom is 0.388 e. The number of aryl methyl sites for hydroxylation is 2. The van der Waals surface area contributed by atoms with Crippen LogP contribution in [-0.4, -0.2) is 21.1 Å². The summed E-state index contributed by atoms with van der Waals surface area (Å²) in [5.41, 5.74) is -0.353. The Bertz CT molecular complexity index is 1170. The van der Waals surface area contributed by atoms with Gasteiger partial charge in [-0.25, -0.2) is 13.8 Å². The van der Waals surface area contributed by atoms with Gasteiger partial charge in [0.15, 0.2) is 0 Å². The third-order valence-corrected chi connectivity index (χ3v) is 4.45. The molecule has 31 heavy (non-hydrogen) atoms. The maximum atomic E-state index is 13.9. The Morgan fingerprint density at radius 1 is 1.03 bits per heavy atom. The number of hydrogen-bond acceptors (Lipinski definition) is 5. The standard InChI is InChI=1S/C20H17F5N4O2/c1-9-4-16(11(3)26-18(9)31-19(24)25)27-20-28-17(30)15(23)8-29(20)7-12-5-13(21)10(2)14(22)6-12/h4-6,8,19H,7H2,1-3H3,(H,27,28,30). The molecule has 164 valence electrons. The quantitative estimate of drug-likeness (QED) is 0.577. The van der Waals surface area contributed by atoms with Crippen molar-refractivity contribution in [2.45, 2.75) is 33.9 Å². The number of nitrogens with zero attached hydrogens (tertiary/aromatic N) is 3. The molecule has 0 aliphatic carbocycles. The lowest BCUT2D eigenvalue weighted by molar-refractivity contribution is -0.0533. The van der Waals surface area contributed by atoms with Gasteiger partial charge in [0.25, 0.3) is 0 Å². The predicted molar refractivity (Wildman–Crippen MR) is 102 cm³/mol. The van der Waals surface area contributed by atoms with Crippen LogP contribution in [0.5, 0.6) is 5.88 Å². The van der Waals surface area contributed by atoms with E-state index in [1.54, 1.807) is 0 Å². The molecule has 1 aromatic carbocycles. The second kappa shape index (κ2) is 8.70. The second-order valence-corrected chi connectivity index (χ2v) is 6.78. The lowest BCUT2D eigenvalue weighted by Crippen LogP contribution is -2.20. The first-order valence-electron chi connectivity index (χ1n) is 8.96. The van der Waals surface area contributed by atoms with E-state index < -0.39 is 29.6 Å². The zero-order valence-corrected chi connectivity index (χ0v) is 16.6. The number of aromatic nitrogens is 3. The molecule has 0 atom stereocenters. The number of anilines is 2. The van der Waals surface area contributed by atoms with Gasteiger partial charge in [0.1, 0.15) is 11.6 Å². The van der Waals surface area contributed by atoms with E-state index in [1.807, 2.05) is 0 Å². The molecule has 1 N–H and O–H groups in total. The molecular weight excluding hydrogens is 423 g/mol. The third kappa shape index (κ3) is 4.98. The van der Waals surface area contributed by atoms with E-state index in [1.165, 1.54) is 26.8 Å². The molecule has 6 nitrogen and oxygen atoms in total. The second-order valence-electron chi connectivity index (χ2n) is 6.78. The van der Waals surface area contributed by atoms with Crippen LogP contribution in [0.1, 0.15) is 22.4 Å². The van der Waals surface area contributed by atoms with Gasteiger partial charge < -0.3 is 14.6 Å². The molecule has 2 heterocycles. The lowest BCUT2D eigenvalue weighted by Gasteiger charge is -2.17. The highest BCUT2D eigenvalue weighted by molar-refractivity contribution is 5.59. The van der Waals surface area contributed by atoms with Crippen molar-refractivity contribution in [1.82, 2.24) is 14.5 Å². The summed E-state index contributed by atoms with van der Waals surface area (Å²) in [6.07, 6.45) is 0.844. The van der Waals surface area contributed by atoms with Gasteiger partial charge in [-0.15, -0.1) is 0 Å². The summed E-state index contributed by atoms with van der Waals surface area (Å²) in [4.78, 5) is 19.3. The van der Waals surface area contributed by atoms with Gasteiger partial charge in [0, 0.05) is 17.3 Å². The Morgan fingerprint density at radius 2 is 1.68 bits per heavy atom. The van der Waals surface area contributed by atoms with Crippen LogP contribution in [0.4, 0.5) is 33.6 Å². The first kappa shape index (κ1) is 22.2. The number of ether oxygens (including phenoxy) is 1. The Kier molecular flexibility index (Phi) is 6.23. The van der Waals surface area contributed by atoms with Gasteiger partial charge in [-0.3, -0.25) is 4.79 Å². The van der Waals surface area contributed by atoms with E-state index in [0.29, 0.717) is 0 Å². The van der Waals surface area contributed by atoms with Crippen molar-refractivity contribution in [1.29, 1.82) is 0 Å². The highest BCUT2D eigenvalue weighted by atomic mass is 19.3. The summed E-state index contributed by atoms with van der Waals surface area (Å²) >= 11 is 0. The van der Waals surface area contributed by atoms with Crippen molar-refractivity contribution >= 4 is 11.6 Å². The van der Waals surface area contributed by atoms with Crippen LogP contribution in [0.15, 0.2) is 29.2 Å². The van der Waals surface area contributed by atoms with Gasteiger partial charge >= 0.3 is 12.2 Å². The number of hydrogen-bond donors (Lipinski definition) is 1. The van der Waals surface area contributed by atoms with Crippen LogP contribution in [0.3, 0.4) is 0 Å². The minimum absolute atomic E-state index is 0.139. The normalized spacial score (nSPS) is 11.1. The molecule has 0 saturated heterocycles. The van der Waals surface area contributed by atoms with E-state index in [0.717, 1.165) is 22.9 Å². The van der Waals surface area contributed by atoms with Crippen LogP contribution in [-0.2, 0) is 6.54 Å². The molecule has 0 fully saturated rings. The maximum absolute atomic E-state index is 13.9. The summed E-state index contributed by atoms with van der Waals surface area (Å²) in [6, 6.07) is 3.61. The average Bonchev–Trinajstić information content (AvgIpc) is 2.67. The van der Waals surface area contributed by atoms with Crippen LogP contribution in [0.25, 0.3) is 0 Å². The van der Waals surface area contributed by atoms with Gasteiger partial charge in [0.2, 0.25) is 17.6 Å². The van der Waals surface area contributed by atoms with Crippen molar-refractivity contribution in [3.05, 3.63) is 74.6 Å². The fourth-order valence-corrected chi connectivity index (χ4v) is 2.81. The van der Waals surface area contributed by atoms with Crippen molar-refractivity contribution < 1.29 is 26.7 Å². The molecule has 0 saturated carbocycles. The Morgan fingerprint density at radius 3 is 2.29 bits per heavy atom. The van der Waals surface area contributed by atoms with E-state index >= 15 is 0 Å². The van der Waals surface area contributed by atoms with Gasteiger partial charge in [-0.1, -0.05) is 0 Å². The molecule has 0 amide bonds. The number of rotatable bonds is 6. The topological polar surface area (TPSA) is 69.0 Å². The molecular formula is C20H17F5N4O2. The fourth-order valence-electron chi connectivity index (χ4n) is 2.81. The first-order chi connectivity index (χ1) is 14.5. The van der Waals surface area contributed by atoms with E-state index in [-0.39, 0.29) is 46.4 Å². The van der Waals surface area contributed by atoms with Crippen molar-refractivity contribution in [2.75, 3.05) is 5.32 Å². The number of alkyl halides is 2. The minimum atomic E-state index is -3.05. The molecule has 0 radical (unpaired) electrons. The van der Waals surface area contributed by atoms with Crippen molar-refractivity contribution in [3.63, 3.8) is 0 Å². The number of halogens is 5. The zero-order chi connectivity index (χ0) is 22.9. The van der Waals surface area contributed by atoms with Gasteiger partial charge in [-0.05, 0) is 44.5 Å². The van der Waals surface area contributed by atoms with Crippen LogP contribution < -0.4 is 15.6 Å². The minimum Gasteiger partial charge on any atom is -0.417 e. The molecule has 0 bridgehead atoms. The Balaban J connectivity index is 2.00. The van der Waals surface area contributed by atoms with Crippen LogP contribution in [0, 0.1) is 38.2 Å². The summed E-state index contributed by atoms with van der Waals surface area (Å²) in [6.45, 7) is 0.999. The Labute approximate surface area is 173 Å². The average molecular weight is 440 g/mol. The smallest absolute Gasteiger partial charge is 0.388 e. The molecule has 3 aromatic rings. The van der Waals surface area contributed by atoms with Crippen molar-refractivity contribution in [2.24, 2.45) is 0 Å². The zero-order valence-electron chi connectivity index (χ0n) is 16.6. The largest absolute Gasteiger partial charge is 0.417 e. The van der Waals surface area contributed by atoms with Crippen LogP contribution >= 0.6 is 0 Å². The summed E-state index contributed by atoms with van der Waals surface area (Å²) in [5, 5.41) is 2.78. The number of nitrogens with one attached hydrogen (secondary N) is 1. The van der Waals surface area contributed by atoms with Gasteiger partial charge in [0.05, 0.1) is 17.9 Å². The predicted octanol–water partition coefficient (Wildman–Crippen LogP) is 4.37. The highest BCUT2D eigenvalue weighted by Gasteiger charge is 2.16. The monoisotopic (exact) mass is 440 g/mol. The molecule has 2 aromatic heterocycles. The van der Waals surface area contributed by atoms with E-state index in [2.05, 4.69) is 20.0 Å². The summed E-state index contributed by atoms with van der Waals surface area (Å²) < 4.78 is 72.1. The van der Waals surface area contributed by atoms with Crippen molar-refractivity contribution in [3.8, 4) is 5.88 Å². The van der Waals surface area contributed by atoms with E-state index in [4.69, 9.17) is 0 Å². The first-order valence-corrected chi connectivity index (χ1v) is 8.96. The summed E-state index contributed by atoms with van der Waals surface area (Å²) in [7, 11) is 0.